The van der Waals surface area contributed by atoms with Gasteiger partial charge in [-0.05, 0) is 86.2 Å². The summed E-state index contributed by atoms with van der Waals surface area (Å²) in [7, 11) is -3.75. The summed E-state index contributed by atoms with van der Waals surface area (Å²) in [6.07, 6.45) is 6.53. The first-order chi connectivity index (χ1) is 14.9. The molecule has 0 aliphatic heterocycles. The standard InChI is InChI=1S/C24H31N3O3S/c1-17(13-14-25-16-18-7-3-2-4-8-18)31(29,30)27-24(28)26-23-21-11-5-9-19(21)15-20-10-6-12-22(20)23/h2-4,7-8,15,17,25H,5-6,9-14,16H2,1H3,(H2,26,27,28). The van der Waals surface area contributed by atoms with Crippen LogP contribution in [0.1, 0.15) is 54.0 Å². The highest BCUT2D eigenvalue weighted by Gasteiger charge is 2.27. The van der Waals surface area contributed by atoms with Gasteiger partial charge in [0.15, 0.2) is 0 Å². The van der Waals surface area contributed by atoms with Crippen LogP contribution in [-0.4, -0.2) is 26.2 Å². The Balaban J connectivity index is 1.33. The molecule has 7 heteroatoms. The van der Waals surface area contributed by atoms with Crippen molar-refractivity contribution in [1.29, 1.82) is 0 Å². The molecule has 3 N–H and O–H groups in total. The van der Waals surface area contributed by atoms with Gasteiger partial charge in [-0.3, -0.25) is 0 Å². The van der Waals surface area contributed by atoms with Crippen LogP contribution in [-0.2, 0) is 42.3 Å². The Hall–Kier alpha value is -2.38. The fraction of sp³-hybridized carbons (Fsp3) is 0.458. The monoisotopic (exact) mass is 441 g/mol. The SMILES string of the molecule is CC(CCNCc1ccccc1)S(=O)(=O)NC(=O)Nc1c2c(cc3c1CCC3)CCC2. The van der Waals surface area contributed by atoms with Crippen molar-refractivity contribution in [2.45, 2.75) is 63.7 Å². The van der Waals surface area contributed by atoms with E-state index in [0.717, 1.165) is 49.8 Å². The van der Waals surface area contributed by atoms with Crippen molar-refractivity contribution < 1.29 is 13.2 Å². The summed E-state index contributed by atoms with van der Waals surface area (Å²) in [5.41, 5.74) is 6.98. The first-order valence-electron chi connectivity index (χ1n) is 11.2. The molecule has 0 heterocycles. The normalized spacial score (nSPS) is 15.9. The zero-order valence-electron chi connectivity index (χ0n) is 18.0. The number of hydrogen-bond acceptors (Lipinski definition) is 4. The average molecular weight is 442 g/mol. The van der Waals surface area contributed by atoms with Gasteiger partial charge in [-0.1, -0.05) is 36.4 Å². The Kier molecular flexibility index (Phi) is 6.62. The highest BCUT2D eigenvalue weighted by atomic mass is 32.2. The van der Waals surface area contributed by atoms with Gasteiger partial charge in [0, 0.05) is 12.2 Å². The van der Waals surface area contributed by atoms with Gasteiger partial charge >= 0.3 is 6.03 Å². The smallest absolute Gasteiger partial charge is 0.313 e. The lowest BCUT2D eigenvalue weighted by molar-refractivity contribution is 0.256. The third-order valence-corrected chi connectivity index (χ3v) is 8.14. The molecular formula is C24H31N3O3S. The molecule has 6 nitrogen and oxygen atoms in total. The molecule has 0 aromatic heterocycles. The van der Waals surface area contributed by atoms with Gasteiger partial charge in [0.1, 0.15) is 0 Å². The second-order valence-electron chi connectivity index (χ2n) is 8.60. The molecule has 0 saturated carbocycles. The lowest BCUT2D eigenvalue weighted by Crippen LogP contribution is -2.40. The Bertz CT molecular complexity index is 1020. The van der Waals surface area contributed by atoms with E-state index >= 15 is 0 Å². The fourth-order valence-electron chi connectivity index (χ4n) is 4.63. The summed E-state index contributed by atoms with van der Waals surface area (Å²) in [5.74, 6) is 0. The van der Waals surface area contributed by atoms with Gasteiger partial charge in [-0.2, -0.15) is 0 Å². The Morgan fingerprint density at radius 1 is 1.00 bits per heavy atom. The number of amides is 2. The first-order valence-corrected chi connectivity index (χ1v) is 12.7. The molecule has 2 aliphatic rings. The lowest BCUT2D eigenvalue weighted by Gasteiger charge is -2.18. The number of benzene rings is 2. The van der Waals surface area contributed by atoms with Gasteiger partial charge < -0.3 is 10.6 Å². The van der Waals surface area contributed by atoms with Crippen LogP contribution in [0.25, 0.3) is 0 Å². The highest BCUT2D eigenvalue weighted by Crippen LogP contribution is 2.38. The summed E-state index contributed by atoms with van der Waals surface area (Å²) in [5, 5.41) is 5.49. The van der Waals surface area contributed by atoms with Crippen LogP contribution in [0.5, 0.6) is 0 Å². The first kappa shape index (κ1) is 21.8. The molecule has 0 fully saturated rings. The largest absolute Gasteiger partial charge is 0.332 e. The zero-order valence-corrected chi connectivity index (χ0v) is 18.9. The van der Waals surface area contributed by atoms with Gasteiger partial charge in [0.2, 0.25) is 10.0 Å². The van der Waals surface area contributed by atoms with E-state index in [-0.39, 0.29) is 0 Å². The minimum Gasteiger partial charge on any atom is -0.313 e. The number of carbonyl (C=O) groups is 1. The van der Waals surface area contributed by atoms with E-state index in [4.69, 9.17) is 0 Å². The van der Waals surface area contributed by atoms with Gasteiger partial charge in [0.25, 0.3) is 0 Å². The Morgan fingerprint density at radius 2 is 1.65 bits per heavy atom. The summed E-state index contributed by atoms with van der Waals surface area (Å²) in [6, 6.07) is 11.6. The van der Waals surface area contributed by atoms with Gasteiger partial charge in [-0.25, -0.2) is 17.9 Å². The fourth-order valence-corrected chi connectivity index (χ4v) is 5.56. The molecule has 0 bridgehead atoms. The minimum absolute atomic E-state index is 0.422. The van der Waals surface area contributed by atoms with Gasteiger partial charge in [0.05, 0.1) is 5.25 Å². The van der Waals surface area contributed by atoms with E-state index in [9.17, 15) is 13.2 Å². The maximum atomic E-state index is 12.7. The van der Waals surface area contributed by atoms with E-state index in [1.165, 1.54) is 22.3 Å². The number of aryl methyl sites for hydroxylation is 2. The molecule has 1 atom stereocenters. The summed E-state index contributed by atoms with van der Waals surface area (Å²) < 4.78 is 27.6. The van der Waals surface area contributed by atoms with Gasteiger partial charge in [-0.15, -0.1) is 0 Å². The Labute approximate surface area is 184 Å². The summed E-state index contributed by atoms with van der Waals surface area (Å²) in [6.45, 7) is 2.88. The second-order valence-corrected chi connectivity index (χ2v) is 10.7. The van der Waals surface area contributed by atoms with Crippen LogP contribution in [0.4, 0.5) is 10.5 Å². The number of nitrogens with one attached hydrogen (secondary N) is 3. The molecular weight excluding hydrogens is 410 g/mol. The average Bonchev–Trinajstić information content (AvgIpc) is 3.40. The topological polar surface area (TPSA) is 87.3 Å². The predicted molar refractivity (Wildman–Crippen MR) is 124 cm³/mol. The van der Waals surface area contributed by atoms with Crippen LogP contribution in [0.15, 0.2) is 36.4 Å². The number of fused-ring (bicyclic) bond motifs is 2. The van der Waals surface area contributed by atoms with Crippen LogP contribution < -0.4 is 15.4 Å². The van der Waals surface area contributed by atoms with E-state index in [0.29, 0.717) is 19.5 Å². The number of hydrogen-bond donors (Lipinski definition) is 3. The third kappa shape index (κ3) is 5.10. The molecule has 2 aliphatic carbocycles. The van der Waals surface area contributed by atoms with Crippen molar-refractivity contribution in [2.24, 2.45) is 0 Å². The molecule has 0 saturated heterocycles. The van der Waals surface area contributed by atoms with Crippen LogP contribution >= 0.6 is 0 Å². The third-order valence-electron chi connectivity index (χ3n) is 6.38. The van der Waals surface area contributed by atoms with Crippen LogP contribution in [0.3, 0.4) is 0 Å². The van der Waals surface area contributed by atoms with Crippen LogP contribution in [0, 0.1) is 0 Å². The highest BCUT2D eigenvalue weighted by molar-refractivity contribution is 7.90. The molecule has 2 aromatic rings. The van der Waals surface area contributed by atoms with E-state index in [2.05, 4.69) is 21.4 Å². The lowest BCUT2D eigenvalue weighted by atomic mass is 9.99. The van der Waals surface area contributed by atoms with Crippen molar-refractivity contribution in [1.82, 2.24) is 10.0 Å². The summed E-state index contributed by atoms with van der Waals surface area (Å²) >= 11 is 0. The summed E-state index contributed by atoms with van der Waals surface area (Å²) in [4.78, 5) is 12.6. The maximum absolute atomic E-state index is 12.7. The van der Waals surface area contributed by atoms with Crippen molar-refractivity contribution in [2.75, 3.05) is 11.9 Å². The Morgan fingerprint density at radius 3 is 2.29 bits per heavy atom. The molecule has 1 unspecified atom stereocenters. The molecule has 166 valence electrons. The minimum atomic E-state index is -3.75. The molecule has 0 radical (unpaired) electrons. The molecule has 2 aromatic carbocycles. The van der Waals surface area contributed by atoms with E-state index in [1.807, 2.05) is 30.3 Å². The number of sulfonamides is 1. The molecule has 31 heavy (non-hydrogen) atoms. The number of urea groups is 1. The number of rotatable bonds is 8. The van der Waals surface area contributed by atoms with Crippen molar-refractivity contribution in [3.8, 4) is 0 Å². The zero-order chi connectivity index (χ0) is 21.8. The van der Waals surface area contributed by atoms with Crippen molar-refractivity contribution in [3.05, 3.63) is 64.2 Å². The van der Waals surface area contributed by atoms with Crippen molar-refractivity contribution >= 4 is 21.7 Å². The molecule has 0 spiro atoms. The van der Waals surface area contributed by atoms with E-state index in [1.54, 1.807) is 6.92 Å². The quantitative estimate of drug-likeness (QED) is 0.546. The number of anilines is 1. The van der Waals surface area contributed by atoms with Crippen molar-refractivity contribution in [3.63, 3.8) is 0 Å². The molecule has 2 amide bonds. The molecule has 4 rings (SSSR count). The maximum Gasteiger partial charge on any atom is 0.332 e. The van der Waals surface area contributed by atoms with Crippen LogP contribution in [0.2, 0.25) is 0 Å². The van der Waals surface area contributed by atoms with E-state index < -0.39 is 21.3 Å². The number of carbonyl (C=O) groups excluding carboxylic acids is 1. The predicted octanol–water partition coefficient (Wildman–Crippen LogP) is 3.68. The second kappa shape index (κ2) is 9.40.